The van der Waals surface area contributed by atoms with Crippen LogP contribution < -0.4 is 0 Å². The van der Waals surface area contributed by atoms with Crippen LogP contribution in [0.1, 0.15) is 5.56 Å². The number of fused-ring (bicyclic) bond motifs is 2. The molecule has 6 rings (SSSR count). The molecule has 0 bridgehead atoms. The highest BCUT2D eigenvalue weighted by Crippen LogP contribution is 2.32. The van der Waals surface area contributed by atoms with Crippen LogP contribution in [0.25, 0.3) is 56.1 Å². The van der Waals surface area contributed by atoms with E-state index in [1.807, 2.05) is 32.4 Å². The molecule has 0 amide bonds. The van der Waals surface area contributed by atoms with Gasteiger partial charge in [0, 0.05) is 41.8 Å². The molecule has 9 heteroatoms. The molecule has 1 aromatic carbocycles. The lowest BCUT2D eigenvalue weighted by molar-refractivity contribution is 0.402. The van der Waals surface area contributed by atoms with Gasteiger partial charge in [-0.05, 0) is 50.0 Å². The molecule has 6 aromatic rings. The normalized spacial score (nSPS) is 11.7. The SMILES string of the molecule is CN(C)Cc1cncc(-c2ccc3[nH]nc(-c4nc5nccc(-c6ccccc6F)c5[nH]4)c3n2)c1. The molecule has 0 atom stereocenters. The fourth-order valence-electron chi connectivity index (χ4n) is 4.23. The van der Waals surface area contributed by atoms with Crippen LogP contribution in [0.2, 0.25) is 0 Å². The summed E-state index contributed by atoms with van der Waals surface area (Å²) in [5.41, 5.74) is 7.12. The molecule has 172 valence electrons. The standard InChI is InChI=1S/C26H21FN8/c1-35(2)14-15-11-16(13-28-12-15)20-7-8-21-23(30-20)24(34-33-21)26-31-22-18(9-10-29-25(22)32-26)17-5-3-4-6-19(17)27/h3-13H,14H2,1-2H3,(H,33,34)(H,29,31,32). The molecule has 0 spiro atoms. The molecule has 5 heterocycles. The quantitative estimate of drug-likeness (QED) is 0.379. The molecule has 0 radical (unpaired) electrons. The average Bonchev–Trinajstić information content (AvgIpc) is 3.47. The Morgan fingerprint density at radius 3 is 2.71 bits per heavy atom. The summed E-state index contributed by atoms with van der Waals surface area (Å²) in [6.45, 7) is 0.788. The lowest BCUT2D eigenvalue weighted by Gasteiger charge is -2.10. The first-order chi connectivity index (χ1) is 17.1. The van der Waals surface area contributed by atoms with Crippen molar-refractivity contribution in [1.29, 1.82) is 0 Å². The zero-order chi connectivity index (χ0) is 23.9. The summed E-state index contributed by atoms with van der Waals surface area (Å²) in [6, 6.07) is 14.4. The van der Waals surface area contributed by atoms with Crippen LogP contribution in [0.3, 0.4) is 0 Å². The van der Waals surface area contributed by atoms with Crippen LogP contribution in [-0.2, 0) is 6.54 Å². The molecular formula is C26H21FN8. The average molecular weight is 465 g/mol. The summed E-state index contributed by atoms with van der Waals surface area (Å²) in [6.07, 6.45) is 5.29. The first-order valence-electron chi connectivity index (χ1n) is 11.1. The summed E-state index contributed by atoms with van der Waals surface area (Å²) in [5, 5.41) is 7.49. The zero-order valence-electron chi connectivity index (χ0n) is 19.1. The number of hydrogen-bond acceptors (Lipinski definition) is 6. The van der Waals surface area contributed by atoms with Gasteiger partial charge in [0.05, 0.1) is 16.7 Å². The van der Waals surface area contributed by atoms with Gasteiger partial charge in [-0.25, -0.2) is 19.3 Å². The zero-order valence-corrected chi connectivity index (χ0v) is 19.1. The highest BCUT2D eigenvalue weighted by Gasteiger charge is 2.18. The minimum absolute atomic E-state index is 0.308. The van der Waals surface area contributed by atoms with E-state index in [2.05, 4.69) is 41.1 Å². The van der Waals surface area contributed by atoms with Crippen LogP contribution >= 0.6 is 0 Å². The molecule has 8 nitrogen and oxygen atoms in total. The van der Waals surface area contributed by atoms with Gasteiger partial charge in [0.2, 0.25) is 0 Å². The van der Waals surface area contributed by atoms with Crippen LogP contribution in [0.5, 0.6) is 0 Å². The fraction of sp³-hybridized carbons (Fsp3) is 0.115. The Bertz CT molecular complexity index is 1680. The maximum atomic E-state index is 14.5. The van der Waals surface area contributed by atoms with E-state index >= 15 is 0 Å². The minimum atomic E-state index is -0.308. The largest absolute Gasteiger partial charge is 0.335 e. The molecular weight excluding hydrogens is 443 g/mol. The second-order valence-electron chi connectivity index (χ2n) is 8.61. The van der Waals surface area contributed by atoms with Crippen LogP contribution in [0.4, 0.5) is 4.39 Å². The molecule has 0 aliphatic heterocycles. The lowest BCUT2D eigenvalue weighted by Crippen LogP contribution is -2.10. The third kappa shape index (κ3) is 3.81. The maximum Gasteiger partial charge on any atom is 0.178 e. The first kappa shape index (κ1) is 21.1. The molecule has 2 N–H and O–H groups in total. The van der Waals surface area contributed by atoms with Gasteiger partial charge >= 0.3 is 0 Å². The van der Waals surface area contributed by atoms with Crippen molar-refractivity contribution in [3.63, 3.8) is 0 Å². The fourth-order valence-corrected chi connectivity index (χ4v) is 4.23. The highest BCUT2D eigenvalue weighted by atomic mass is 19.1. The number of nitrogens with one attached hydrogen (secondary N) is 2. The Labute approximate surface area is 199 Å². The van der Waals surface area contributed by atoms with Crippen molar-refractivity contribution in [2.24, 2.45) is 0 Å². The van der Waals surface area contributed by atoms with Crippen molar-refractivity contribution in [2.45, 2.75) is 6.54 Å². The van der Waals surface area contributed by atoms with Crippen molar-refractivity contribution >= 4 is 22.2 Å². The van der Waals surface area contributed by atoms with E-state index in [-0.39, 0.29) is 5.82 Å². The van der Waals surface area contributed by atoms with Crippen molar-refractivity contribution in [3.05, 3.63) is 78.5 Å². The molecule has 0 aliphatic carbocycles. The first-order valence-corrected chi connectivity index (χ1v) is 11.1. The molecule has 0 saturated heterocycles. The predicted molar refractivity (Wildman–Crippen MR) is 133 cm³/mol. The van der Waals surface area contributed by atoms with Crippen molar-refractivity contribution in [2.75, 3.05) is 14.1 Å². The van der Waals surface area contributed by atoms with E-state index in [1.54, 1.807) is 36.7 Å². The molecule has 35 heavy (non-hydrogen) atoms. The Morgan fingerprint density at radius 1 is 0.971 bits per heavy atom. The van der Waals surface area contributed by atoms with Crippen LogP contribution in [0, 0.1) is 5.82 Å². The van der Waals surface area contributed by atoms with E-state index in [0.29, 0.717) is 39.3 Å². The number of benzene rings is 1. The molecule has 0 saturated carbocycles. The highest BCUT2D eigenvalue weighted by molar-refractivity contribution is 5.95. The van der Waals surface area contributed by atoms with Gasteiger partial charge < -0.3 is 9.88 Å². The predicted octanol–water partition coefficient (Wildman–Crippen LogP) is 4.83. The van der Waals surface area contributed by atoms with E-state index in [1.165, 1.54) is 6.07 Å². The second kappa shape index (κ2) is 8.37. The van der Waals surface area contributed by atoms with Crippen molar-refractivity contribution in [3.8, 4) is 33.9 Å². The van der Waals surface area contributed by atoms with Gasteiger partial charge in [-0.2, -0.15) is 5.10 Å². The van der Waals surface area contributed by atoms with Gasteiger partial charge in [-0.3, -0.25) is 10.1 Å². The van der Waals surface area contributed by atoms with E-state index < -0.39 is 0 Å². The summed E-state index contributed by atoms with van der Waals surface area (Å²) in [5.74, 6) is 0.199. The van der Waals surface area contributed by atoms with Crippen LogP contribution in [0.15, 0.2) is 67.1 Å². The maximum absolute atomic E-state index is 14.5. The third-order valence-corrected chi connectivity index (χ3v) is 5.78. The van der Waals surface area contributed by atoms with Gasteiger partial charge in [0.15, 0.2) is 17.2 Å². The Balaban J connectivity index is 1.46. The van der Waals surface area contributed by atoms with Gasteiger partial charge in [0.1, 0.15) is 11.3 Å². The second-order valence-corrected chi connectivity index (χ2v) is 8.61. The Kier molecular flexibility index (Phi) is 5.04. The number of rotatable bonds is 5. The number of imidazole rings is 1. The lowest BCUT2D eigenvalue weighted by atomic mass is 10.1. The molecule has 5 aromatic heterocycles. The summed E-state index contributed by atoms with van der Waals surface area (Å²) in [7, 11) is 4.04. The number of hydrogen-bond donors (Lipinski definition) is 2. The van der Waals surface area contributed by atoms with Gasteiger partial charge in [-0.15, -0.1) is 0 Å². The third-order valence-electron chi connectivity index (χ3n) is 5.78. The minimum Gasteiger partial charge on any atom is -0.335 e. The number of halogens is 1. The van der Waals surface area contributed by atoms with Crippen LogP contribution in [-0.4, -0.2) is 54.1 Å². The molecule has 0 unspecified atom stereocenters. The topological polar surface area (TPSA) is 99.3 Å². The molecule has 0 fully saturated rings. The number of aromatic nitrogens is 7. The Hall–Kier alpha value is -4.50. The van der Waals surface area contributed by atoms with Gasteiger partial charge in [-0.1, -0.05) is 18.2 Å². The van der Waals surface area contributed by atoms with Gasteiger partial charge in [0.25, 0.3) is 0 Å². The number of aromatic amines is 2. The van der Waals surface area contributed by atoms with Crippen molar-refractivity contribution in [1.82, 2.24) is 40.0 Å². The number of H-pyrrole nitrogens is 2. The summed E-state index contributed by atoms with van der Waals surface area (Å²) >= 11 is 0. The van der Waals surface area contributed by atoms with E-state index in [9.17, 15) is 4.39 Å². The monoisotopic (exact) mass is 464 g/mol. The summed E-state index contributed by atoms with van der Waals surface area (Å²) in [4.78, 5) is 23.7. The number of pyridine rings is 3. The Morgan fingerprint density at radius 2 is 1.86 bits per heavy atom. The smallest absolute Gasteiger partial charge is 0.178 e. The summed E-state index contributed by atoms with van der Waals surface area (Å²) < 4.78 is 14.5. The molecule has 0 aliphatic rings. The van der Waals surface area contributed by atoms with E-state index in [4.69, 9.17) is 4.98 Å². The number of nitrogens with zero attached hydrogens (tertiary/aromatic N) is 6. The van der Waals surface area contributed by atoms with E-state index in [0.717, 1.165) is 28.9 Å². The van der Waals surface area contributed by atoms with Crippen molar-refractivity contribution < 1.29 is 4.39 Å².